The molecule has 1 atom stereocenters. The van der Waals surface area contributed by atoms with E-state index in [0.29, 0.717) is 6.54 Å². The van der Waals surface area contributed by atoms with E-state index in [0.717, 1.165) is 16.0 Å². The van der Waals surface area contributed by atoms with Crippen LogP contribution in [-0.4, -0.2) is 22.6 Å². The van der Waals surface area contributed by atoms with E-state index in [1.54, 1.807) is 17.7 Å². The van der Waals surface area contributed by atoms with Crippen molar-refractivity contribution in [1.29, 1.82) is 0 Å². The molecule has 0 saturated heterocycles. The van der Waals surface area contributed by atoms with Gasteiger partial charge >= 0.3 is 0 Å². The van der Waals surface area contributed by atoms with Gasteiger partial charge in [-0.3, -0.25) is 0 Å². The topological polar surface area (TPSA) is 63.8 Å². The van der Waals surface area contributed by atoms with Crippen molar-refractivity contribution >= 4 is 27.4 Å². The van der Waals surface area contributed by atoms with Gasteiger partial charge in [0.25, 0.3) is 0 Å². The third-order valence-electron chi connectivity index (χ3n) is 2.19. The zero-order valence-corrected chi connectivity index (χ0v) is 9.64. The maximum Gasteiger partial charge on any atom is 0.138 e. The lowest BCUT2D eigenvalue weighted by Crippen LogP contribution is -2.25. The van der Waals surface area contributed by atoms with Crippen LogP contribution in [0.1, 0.15) is 11.8 Å². The summed E-state index contributed by atoms with van der Waals surface area (Å²) in [5.41, 5.74) is 5.57. The number of fused-ring (bicyclic) bond motifs is 1. The Morgan fingerprint density at radius 2 is 2.33 bits per heavy atom. The second-order valence-corrected chi connectivity index (χ2v) is 4.81. The molecule has 80 valence electrons. The van der Waals surface area contributed by atoms with Crippen LogP contribution in [0.4, 0.5) is 5.82 Å². The van der Waals surface area contributed by atoms with Gasteiger partial charge in [0.05, 0.1) is 5.39 Å². The summed E-state index contributed by atoms with van der Waals surface area (Å²) in [6.45, 7) is 4.70. The lowest BCUT2D eigenvalue weighted by atomic mass is 10.3. The molecule has 0 aliphatic carbocycles. The Labute approximate surface area is 92.5 Å². The molecule has 15 heavy (non-hydrogen) atoms. The van der Waals surface area contributed by atoms with Crippen molar-refractivity contribution in [2.24, 2.45) is 5.73 Å². The SMILES string of the molecule is Cc1cc2c(NC(C)CN)ncnc2s1. The molecule has 5 heteroatoms. The molecule has 0 bridgehead atoms. The van der Waals surface area contributed by atoms with Gasteiger partial charge in [-0.2, -0.15) is 0 Å². The number of hydrogen-bond donors (Lipinski definition) is 2. The number of aryl methyl sites for hydroxylation is 1. The van der Waals surface area contributed by atoms with E-state index in [9.17, 15) is 0 Å². The summed E-state index contributed by atoms with van der Waals surface area (Å²) in [6.07, 6.45) is 1.59. The van der Waals surface area contributed by atoms with E-state index >= 15 is 0 Å². The highest BCUT2D eigenvalue weighted by Gasteiger charge is 2.08. The molecule has 2 aromatic heterocycles. The monoisotopic (exact) mass is 222 g/mol. The molecule has 0 fully saturated rings. The fourth-order valence-corrected chi connectivity index (χ4v) is 2.23. The number of nitrogens with one attached hydrogen (secondary N) is 1. The number of rotatable bonds is 3. The molecule has 0 aliphatic heterocycles. The summed E-state index contributed by atoms with van der Waals surface area (Å²) in [5, 5.41) is 4.36. The van der Waals surface area contributed by atoms with Crippen LogP contribution in [0, 0.1) is 6.92 Å². The summed E-state index contributed by atoms with van der Waals surface area (Å²) >= 11 is 1.68. The Morgan fingerprint density at radius 1 is 1.53 bits per heavy atom. The largest absolute Gasteiger partial charge is 0.366 e. The number of hydrogen-bond acceptors (Lipinski definition) is 5. The Balaban J connectivity index is 2.41. The summed E-state index contributed by atoms with van der Waals surface area (Å²) in [4.78, 5) is 10.7. The molecular weight excluding hydrogens is 208 g/mol. The van der Waals surface area contributed by atoms with Crippen LogP contribution < -0.4 is 11.1 Å². The third kappa shape index (κ3) is 2.08. The van der Waals surface area contributed by atoms with E-state index in [4.69, 9.17) is 5.73 Å². The molecule has 0 aromatic carbocycles. The van der Waals surface area contributed by atoms with E-state index in [1.165, 1.54) is 4.88 Å². The zero-order chi connectivity index (χ0) is 10.8. The molecule has 2 aromatic rings. The number of aromatic nitrogens is 2. The van der Waals surface area contributed by atoms with Gasteiger partial charge in [0.15, 0.2) is 0 Å². The predicted octanol–water partition coefficient (Wildman–Crippen LogP) is 1.76. The van der Waals surface area contributed by atoms with Crippen molar-refractivity contribution in [3.05, 3.63) is 17.3 Å². The standard InChI is InChI=1S/C10H14N4S/c1-6(4-11)14-9-8-3-7(2)15-10(8)13-5-12-9/h3,5-6H,4,11H2,1-2H3,(H,12,13,14). The first kappa shape index (κ1) is 10.3. The first-order chi connectivity index (χ1) is 7.20. The molecule has 1 unspecified atom stereocenters. The highest BCUT2D eigenvalue weighted by molar-refractivity contribution is 7.18. The molecule has 0 aliphatic rings. The maximum absolute atomic E-state index is 5.57. The second kappa shape index (κ2) is 4.12. The minimum atomic E-state index is 0.225. The minimum absolute atomic E-state index is 0.225. The number of nitrogens with two attached hydrogens (primary N) is 1. The van der Waals surface area contributed by atoms with Gasteiger partial charge in [0.2, 0.25) is 0 Å². The van der Waals surface area contributed by atoms with Gasteiger partial charge < -0.3 is 11.1 Å². The van der Waals surface area contributed by atoms with Gasteiger partial charge in [0, 0.05) is 17.5 Å². The van der Waals surface area contributed by atoms with Crippen molar-refractivity contribution in [3.8, 4) is 0 Å². The fraction of sp³-hybridized carbons (Fsp3) is 0.400. The third-order valence-corrected chi connectivity index (χ3v) is 3.15. The lowest BCUT2D eigenvalue weighted by Gasteiger charge is -2.11. The average Bonchev–Trinajstić information content (AvgIpc) is 2.59. The summed E-state index contributed by atoms with van der Waals surface area (Å²) in [6, 6.07) is 2.33. The number of anilines is 1. The van der Waals surface area contributed by atoms with Crippen molar-refractivity contribution < 1.29 is 0 Å². The van der Waals surface area contributed by atoms with Gasteiger partial charge in [-0.25, -0.2) is 9.97 Å². The van der Waals surface area contributed by atoms with Crippen LogP contribution in [0.15, 0.2) is 12.4 Å². The molecule has 0 spiro atoms. The van der Waals surface area contributed by atoms with Crippen molar-refractivity contribution in [3.63, 3.8) is 0 Å². The van der Waals surface area contributed by atoms with Crippen molar-refractivity contribution in [2.45, 2.75) is 19.9 Å². The molecule has 0 saturated carbocycles. The molecule has 0 amide bonds. The van der Waals surface area contributed by atoms with Crippen LogP contribution in [0.5, 0.6) is 0 Å². The molecule has 3 N–H and O–H groups in total. The Hall–Kier alpha value is -1.20. The fourth-order valence-electron chi connectivity index (χ4n) is 1.38. The van der Waals surface area contributed by atoms with Crippen LogP contribution in [0.2, 0.25) is 0 Å². The van der Waals surface area contributed by atoms with E-state index < -0.39 is 0 Å². The average molecular weight is 222 g/mol. The van der Waals surface area contributed by atoms with Crippen LogP contribution in [0.3, 0.4) is 0 Å². The van der Waals surface area contributed by atoms with Crippen LogP contribution in [-0.2, 0) is 0 Å². The highest BCUT2D eigenvalue weighted by Crippen LogP contribution is 2.27. The zero-order valence-electron chi connectivity index (χ0n) is 8.82. The Bertz CT molecular complexity index is 465. The first-order valence-corrected chi connectivity index (χ1v) is 5.70. The van der Waals surface area contributed by atoms with Crippen molar-refractivity contribution in [2.75, 3.05) is 11.9 Å². The Kier molecular flexibility index (Phi) is 2.83. The van der Waals surface area contributed by atoms with Gasteiger partial charge in [-0.1, -0.05) is 0 Å². The smallest absolute Gasteiger partial charge is 0.138 e. The number of nitrogens with zero attached hydrogens (tertiary/aromatic N) is 2. The summed E-state index contributed by atoms with van der Waals surface area (Å²) in [7, 11) is 0. The number of thiophene rings is 1. The van der Waals surface area contributed by atoms with Crippen LogP contribution in [0.25, 0.3) is 10.2 Å². The summed E-state index contributed by atoms with van der Waals surface area (Å²) in [5.74, 6) is 0.877. The molecule has 4 nitrogen and oxygen atoms in total. The highest BCUT2D eigenvalue weighted by atomic mass is 32.1. The molecule has 0 radical (unpaired) electrons. The van der Waals surface area contributed by atoms with Crippen molar-refractivity contribution in [1.82, 2.24) is 9.97 Å². The van der Waals surface area contributed by atoms with Gasteiger partial charge in [0.1, 0.15) is 17.0 Å². The van der Waals surface area contributed by atoms with Gasteiger partial charge in [-0.05, 0) is 19.9 Å². The normalized spacial score (nSPS) is 13.0. The predicted molar refractivity (Wildman–Crippen MR) is 64.3 cm³/mol. The quantitative estimate of drug-likeness (QED) is 0.830. The van der Waals surface area contributed by atoms with E-state index in [1.807, 2.05) is 6.92 Å². The van der Waals surface area contributed by atoms with Crippen LogP contribution >= 0.6 is 11.3 Å². The van der Waals surface area contributed by atoms with Gasteiger partial charge in [-0.15, -0.1) is 11.3 Å². The summed E-state index contributed by atoms with van der Waals surface area (Å²) < 4.78 is 0. The first-order valence-electron chi connectivity index (χ1n) is 4.88. The molecule has 2 heterocycles. The molecular formula is C10H14N4S. The second-order valence-electron chi connectivity index (χ2n) is 3.58. The van der Waals surface area contributed by atoms with E-state index in [2.05, 4.69) is 28.3 Å². The lowest BCUT2D eigenvalue weighted by molar-refractivity contribution is 0.799. The van der Waals surface area contributed by atoms with E-state index in [-0.39, 0.29) is 6.04 Å². The minimum Gasteiger partial charge on any atom is -0.366 e. The Morgan fingerprint density at radius 3 is 3.07 bits per heavy atom. The molecule has 2 rings (SSSR count). The maximum atomic E-state index is 5.57.